The van der Waals surface area contributed by atoms with E-state index in [1.807, 2.05) is 67.2 Å². The molecule has 1 aliphatic rings. The van der Waals surface area contributed by atoms with Crippen LogP contribution in [0.2, 0.25) is 5.02 Å². The van der Waals surface area contributed by atoms with E-state index in [0.717, 1.165) is 50.3 Å². The highest BCUT2D eigenvalue weighted by Crippen LogP contribution is 2.33. The van der Waals surface area contributed by atoms with E-state index in [1.54, 1.807) is 11.3 Å². The number of rotatable bonds is 3. The maximum Gasteiger partial charge on any atom is 0.254 e. The monoisotopic (exact) mass is 414 g/mol. The molecule has 1 aliphatic heterocycles. The molecule has 1 saturated heterocycles. The number of nitrogens with zero attached hydrogens (tertiary/aromatic N) is 4. The van der Waals surface area contributed by atoms with Crippen LogP contribution in [0.25, 0.3) is 10.2 Å². The smallest absolute Gasteiger partial charge is 0.254 e. The van der Waals surface area contributed by atoms with E-state index in [0.29, 0.717) is 13.1 Å². The molecule has 0 radical (unpaired) electrons. The quantitative estimate of drug-likeness (QED) is 0.641. The minimum Gasteiger partial charge on any atom is -0.378 e. The second-order valence-electron chi connectivity index (χ2n) is 7.24. The number of piperazine rings is 1. The zero-order valence-corrected chi connectivity index (χ0v) is 17.8. The van der Waals surface area contributed by atoms with Crippen LogP contribution >= 0.6 is 22.9 Å². The summed E-state index contributed by atoms with van der Waals surface area (Å²) in [6, 6.07) is 11.8. The Morgan fingerprint density at radius 1 is 1.14 bits per heavy atom. The molecule has 0 saturated carbocycles. The summed E-state index contributed by atoms with van der Waals surface area (Å²) >= 11 is 7.91. The van der Waals surface area contributed by atoms with Crippen molar-refractivity contribution >= 4 is 49.9 Å². The van der Waals surface area contributed by atoms with Crippen LogP contribution in [0.1, 0.15) is 15.9 Å². The zero-order valence-electron chi connectivity index (χ0n) is 16.3. The average Bonchev–Trinajstić information content (AvgIpc) is 3.15. The number of aryl methyl sites for hydroxylation is 1. The predicted molar refractivity (Wildman–Crippen MR) is 118 cm³/mol. The number of thiazole rings is 1. The molecular formula is C21H23ClN4OS. The molecular weight excluding hydrogens is 392 g/mol. The van der Waals surface area contributed by atoms with Gasteiger partial charge >= 0.3 is 0 Å². The van der Waals surface area contributed by atoms with Crippen molar-refractivity contribution in [3.8, 4) is 0 Å². The van der Waals surface area contributed by atoms with Gasteiger partial charge in [-0.25, -0.2) is 4.98 Å². The van der Waals surface area contributed by atoms with Gasteiger partial charge in [0.25, 0.3) is 5.91 Å². The van der Waals surface area contributed by atoms with Gasteiger partial charge in [0.2, 0.25) is 0 Å². The molecule has 1 aromatic heterocycles. The van der Waals surface area contributed by atoms with Gasteiger partial charge in [0, 0.05) is 56.5 Å². The first-order chi connectivity index (χ1) is 13.4. The topological polar surface area (TPSA) is 39.7 Å². The van der Waals surface area contributed by atoms with E-state index >= 15 is 0 Å². The third-order valence-electron chi connectivity index (χ3n) is 5.18. The number of hydrogen-bond donors (Lipinski definition) is 0. The molecule has 0 unspecified atom stereocenters. The first-order valence-corrected chi connectivity index (χ1v) is 10.5. The minimum absolute atomic E-state index is 0.0928. The van der Waals surface area contributed by atoms with Gasteiger partial charge in [-0.05, 0) is 42.8 Å². The van der Waals surface area contributed by atoms with Crippen LogP contribution in [0.4, 0.5) is 10.8 Å². The maximum absolute atomic E-state index is 12.9. The molecule has 0 aliphatic carbocycles. The number of aromatic nitrogens is 1. The minimum atomic E-state index is 0.0928. The lowest BCUT2D eigenvalue weighted by atomic mass is 10.1. The molecule has 7 heteroatoms. The largest absolute Gasteiger partial charge is 0.378 e. The summed E-state index contributed by atoms with van der Waals surface area (Å²) in [6.45, 7) is 4.96. The Bertz CT molecular complexity index is 1020. The van der Waals surface area contributed by atoms with E-state index in [4.69, 9.17) is 16.6 Å². The van der Waals surface area contributed by atoms with E-state index in [-0.39, 0.29) is 5.91 Å². The summed E-state index contributed by atoms with van der Waals surface area (Å²) in [5, 5.41) is 1.75. The van der Waals surface area contributed by atoms with E-state index in [9.17, 15) is 4.79 Å². The molecule has 1 fully saturated rings. The molecule has 0 bridgehead atoms. The van der Waals surface area contributed by atoms with Gasteiger partial charge in [0.15, 0.2) is 5.13 Å². The molecule has 5 nitrogen and oxygen atoms in total. The number of hydrogen-bond acceptors (Lipinski definition) is 5. The van der Waals surface area contributed by atoms with E-state index in [1.165, 1.54) is 0 Å². The summed E-state index contributed by atoms with van der Waals surface area (Å²) < 4.78 is 1.15. The molecule has 4 rings (SSSR count). The Hall–Kier alpha value is -2.31. The maximum atomic E-state index is 12.9. The first kappa shape index (κ1) is 19.0. The van der Waals surface area contributed by atoms with Crippen molar-refractivity contribution in [2.75, 3.05) is 50.1 Å². The molecule has 146 valence electrons. The van der Waals surface area contributed by atoms with Crippen LogP contribution in [0.15, 0.2) is 36.4 Å². The molecule has 0 spiro atoms. The predicted octanol–water partition coefficient (Wildman–Crippen LogP) is 4.29. The van der Waals surface area contributed by atoms with Gasteiger partial charge in [0.05, 0.1) is 10.2 Å². The molecule has 2 heterocycles. The number of carbonyl (C=O) groups excluding carboxylic acids is 1. The molecule has 28 heavy (non-hydrogen) atoms. The van der Waals surface area contributed by atoms with Gasteiger partial charge in [-0.3, -0.25) is 4.79 Å². The molecule has 0 N–H and O–H groups in total. The Morgan fingerprint density at radius 2 is 1.89 bits per heavy atom. The fourth-order valence-electron chi connectivity index (χ4n) is 3.42. The standard InChI is InChI=1S/C21H23ClN4OS/c1-14-17(22)7-8-18-19(14)23-21(28-18)26-11-9-25(10-12-26)20(27)15-5-4-6-16(13-15)24(2)3/h4-8,13H,9-12H2,1-3H3. The van der Waals surface area contributed by atoms with Crippen LogP contribution in [-0.4, -0.2) is 56.1 Å². The van der Waals surface area contributed by atoms with E-state index < -0.39 is 0 Å². The van der Waals surface area contributed by atoms with Crippen LogP contribution in [0.5, 0.6) is 0 Å². The number of fused-ring (bicyclic) bond motifs is 1. The van der Waals surface area contributed by atoms with Crippen LogP contribution in [0, 0.1) is 6.92 Å². The van der Waals surface area contributed by atoms with Crippen molar-refractivity contribution in [2.45, 2.75) is 6.92 Å². The van der Waals surface area contributed by atoms with Gasteiger partial charge in [-0.15, -0.1) is 0 Å². The van der Waals surface area contributed by atoms with Crippen molar-refractivity contribution in [3.63, 3.8) is 0 Å². The fourth-order valence-corrected chi connectivity index (χ4v) is 4.65. The third kappa shape index (κ3) is 3.54. The number of carbonyl (C=O) groups is 1. The normalized spacial score (nSPS) is 14.6. The average molecular weight is 415 g/mol. The van der Waals surface area contributed by atoms with Crippen molar-refractivity contribution in [3.05, 3.63) is 52.5 Å². The van der Waals surface area contributed by atoms with Crippen LogP contribution < -0.4 is 9.80 Å². The summed E-state index contributed by atoms with van der Waals surface area (Å²) in [6.07, 6.45) is 0. The highest BCUT2D eigenvalue weighted by Gasteiger charge is 2.24. The van der Waals surface area contributed by atoms with E-state index in [2.05, 4.69) is 4.90 Å². The summed E-state index contributed by atoms with van der Waals surface area (Å²) in [5.41, 5.74) is 3.78. The van der Waals surface area contributed by atoms with Crippen molar-refractivity contribution in [1.82, 2.24) is 9.88 Å². The third-order valence-corrected chi connectivity index (χ3v) is 6.67. The second kappa shape index (κ2) is 7.60. The number of benzene rings is 2. The highest BCUT2D eigenvalue weighted by molar-refractivity contribution is 7.22. The first-order valence-electron chi connectivity index (χ1n) is 9.31. The Balaban J connectivity index is 1.47. The molecule has 2 aromatic carbocycles. The fraction of sp³-hybridized carbons (Fsp3) is 0.333. The SMILES string of the molecule is Cc1c(Cl)ccc2sc(N3CCN(C(=O)c4cccc(N(C)C)c4)CC3)nc12. The molecule has 3 aromatic rings. The zero-order chi connectivity index (χ0) is 19.8. The van der Waals surface area contributed by atoms with Crippen LogP contribution in [-0.2, 0) is 0 Å². The Morgan fingerprint density at radius 3 is 2.61 bits per heavy atom. The lowest BCUT2D eigenvalue weighted by Crippen LogP contribution is -2.48. The van der Waals surface area contributed by atoms with Crippen LogP contribution in [0.3, 0.4) is 0 Å². The van der Waals surface area contributed by atoms with Gasteiger partial charge in [0.1, 0.15) is 0 Å². The number of halogens is 1. The highest BCUT2D eigenvalue weighted by atomic mass is 35.5. The summed E-state index contributed by atoms with van der Waals surface area (Å²) in [4.78, 5) is 23.9. The van der Waals surface area contributed by atoms with Crippen molar-refractivity contribution in [1.29, 1.82) is 0 Å². The Kier molecular flexibility index (Phi) is 5.17. The number of amides is 1. The lowest BCUT2D eigenvalue weighted by Gasteiger charge is -2.34. The molecule has 1 amide bonds. The molecule has 0 atom stereocenters. The van der Waals surface area contributed by atoms with Gasteiger partial charge in [-0.2, -0.15) is 0 Å². The summed E-state index contributed by atoms with van der Waals surface area (Å²) in [7, 11) is 3.96. The Labute approximate surface area is 174 Å². The lowest BCUT2D eigenvalue weighted by molar-refractivity contribution is 0.0747. The van der Waals surface area contributed by atoms with Gasteiger partial charge in [-0.1, -0.05) is 29.0 Å². The van der Waals surface area contributed by atoms with Gasteiger partial charge < -0.3 is 14.7 Å². The van der Waals surface area contributed by atoms with Crippen molar-refractivity contribution < 1.29 is 4.79 Å². The summed E-state index contributed by atoms with van der Waals surface area (Å²) in [5.74, 6) is 0.0928. The second-order valence-corrected chi connectivity index (χ2v) is 8.66. The van der Waals surface area contributed by atoms with Crippen molar-refractivity contribution in [2.24, 2.45) is 0 Å². The number of anilines is 2.